The van der Waals surface area contributed by atoms with E-state index >= 15 is 0 Å². The second-order valence-corrected chi connectivity index (χ2v) is 7.06. The molecule has 126 valence electrons. The van der Waals surface area contributed by atoms with Crippen LogP contribution in [0, 0.1) is 17.2 Å². The minimum absolute atomic E-state index is 0.151. The van der Waals surface area contributed by atoms with E-state index in [1.807, 2.05) is 36.4 Å². The highest BCUT2D eigenvalue weighted by molar-refractivity contribution is 6.02. The maximum absolute atomic E-state index is 13.1. The van der Waals surface area contributed by atoms with Gasteiger partial charge in [-0.2, -0.15) is 5.26 Å². The molecule has 1 saturated carbocycles. The third kappa shape index (κ3) is 2.72. The van der Waals surface area contributed by atoms with E-state index in [1.54, 1.807) is 0 Å². The maximum Gasteiger partial charge on any atom is 0.173 e. The summed E-state index contributed by atoms with van der Waals surface area (Å²) in [6.45, 7) is 0. The molecule has 2 aromatic rings. The van der Waals surface area contributed by atoms with Crippen LogP contribution in [0.4, 0.5) is 0 Å². The van der Waals surface area contributed by atoms with Crippen molar-refractivity contribution in [3.05, 3.63) is 54.1 Å². The Hall–Kier alpha value is -2.60. The number of carbonyl (C=O) groups excluding carboxylic acids is 1. The summed E-state index contributed by atoms with van der Waals surface area (Å²) in [6.07, 6.45) is 4.98. The first-order valence-electron chi connectivity index (χ1n) is 9.03. The van der Waals surface area contributed by atoms with Gasteiger partial charge in [-0.15, -0.1) is 0 Å². The smallest absolute Gasteiger partial charge is 0.173 e. The SMILES string of the molecule is N#CCCC1C(=O)c2ccc(-c3ccccc3)cc2OC12CCCC2. The lowest BCUT2D eigenvalue weighted by atomic mass is 9.75. The molecule has 1 fully saturated rings. The Balaban J connectivity index is 1.75. The minimum Gasteiger partial charge on any atom is -0.486 e. The third-order valence-electron chi connectivity index (χ3n) is 5.61. The van der Waals surface area contributed by atoms with Gasteiger partial charge in [-0.1, -0.05) is 36.4 Å². The van der Waals surface area contributed by atoms with Crippen LogP contribution in [-0.4, -0.2) is 11.4 Å². The molecule has 1 aliphatic carbocycles. The highest BCUT2D eigenvalue weighted by Crippen LogP contribution is 2.48. The van der Waals surface area contributed by atoms with E-state index in [9.17, 15) is 4.79 Å². The zero-order valence-electron chi connectivity index (χ0n) is 14.2. The van der Waals surface area contributed by atoms with Crippen LogP contribution >= 0.6 is 0 Å². The van der Waals surface area contributed by atoms with Gasteiger partial charge < -0.3 is 4.74 Å². The maximum atomic E-state index is 13.1. The lowest BCUT2D eigenvalue weighted by Gasteiger charge is -2.41. The van der Waals surface area contributed by atoms with Gasteiger partial charge >= 0.3 is 0 Å². The van der Waals surface area contributed by atoms with Crippen molar-refractivity contribution in [2.24, 2.45) is 5.92 Å². The van der Waals surface area contributed by atoms with Crippen molar-refractivity contribution >= 4 is 5.78 Å². The summed E-state index contributed by atoms with van der Waals surface area (Å²) >= 11 is 0. The van der Waals surface area contributed by atoms with E-state index in [1.165, 1.54) is 0 Å². The van der Waals surface area contributed by atoms with Gasteiger partial charge in [0.25, 0.3) is 0 Å². The van der Waals surface area contributed by atoms with Crippen LogP contribution in [0.3, 0.4) is 0 Å². The van der Waals surface area contributed by atoms with Crippen molar-refractivity contribution in [1.29, 1.82) is 5.26 Å². The fourth-order valence-electron chi connectivity index (χ4n) is 4.36. The predicted molar refractivity (Wildman–Crippen MR) is 96.4 cm³/mol. The second-order valence-electron chi connectivity index (χ2n) is 7.06. The van der Waals surface area contributed by atoms with Crippen LogP contribution in [0.1, 0.15) is 48.9 Å². The van der Waals surface area contributed by atoms with Crippen molar-refractivity contribution in [3.63, 3.8) is 0 Å². The molecule has 2 aliphatic rings. The van der Waals surface area contributed by atoms with E-state index < -0.39 is 5.60 Å². The first kappa shape index (κ1) is 15.9. The van der Waals surface area contributed by atoms with Gasteiger partial charge in [-0.25, -0.2) is 0 Å². The largest absolute Gasteiger partial charge is 0.486 e. The normalized spacial score (nSPS) is 20.8. The molecule has 2 aromatic carbocycles. The summed E-state index contributed by atoms with van der Waals surface area (Å²) in [5.74, 6) is 0.671. The van der Waals surface area contributed by atoms with Crippen LogP contribution < -0.4 is 4.74 Å². The molecule has 3 nitrogen and oxygen atoms in total. The summed E-state index contributed by atoms with van der Waals surface area (Å²) in [7, 11) is 0. The van der Waals surface area contributed by atoms with Crippen molar-refractivity contribution in [3.8, 4) is 22.9 Å². The number of Topliss-reactive ketones (excluding diaryl/α,β-unsaturated/α-hetero) is 1. The Morgan fingerprint density at radius 1 is 1.08 bits per heavy atom. The van der Waals surface area contributed by atoms with Crippen molar-refractivity contribution in [1.82, 2.24) is 0 Å². The molecule has 1 aliphatic heterocycles. The predicted octanol–water partition coefficient (Wildman–Crippen LogP) is 5.16. The average molecular weight is 331 g/mol. The van der Waals surface area contributed by atoms with E-state index in [2.05, 4.69) is 18.2 Å². The summed E-state index contributed by atoms with van der Waals surface area (Å²) in [5.41, 5.74) is 2.44. The Morgan fingerprint density at radius 2 is 1.84 bits per heavy atom. The van der Waals surface area contributed by atoms with Crippen molar-refractivity contribution in [2.45, 2.75) is 44.1 Å². The first-order valence-corrected chi connectivity index (χ1v) is 9.03. The number of ketones is 1. The van der Waals surface area contributed by atoms with Gasteiger partial charge in [0.1, 0.15) is 11.4 Å². The molecule has 1 heterocycles. The summed E-state index contributed by atoms with van der Waals surface area (Å²) < 4.78 is 6.49. The lowest BCUT2D eigenvalue weighted by Crippen LogP contribution is -2.48. The van der Waals surface area contributed by atoms with E-state index in [4.69, 9.17) is 10.00 Å². The number of rotatable bonds is 3. The Morgan fingerprint density at radius 3 is 2.56 bits per heavy atom. The fraction of sp³-hybridized carbons (Fsp3) is 0.364. The molecule has 25 heavy (non-hydrogen) atoms. The van der Waals surface area contributed by atoms with Gasteiger partial charge in [0, 0.05) is 6.42 Å². The van der Waals surface area contributed by atoms with Gasteiger partial charge in [-0.3, -0.25) is 4.79 Å². The Labute approximate surface area is 148 Å². The number of hydrogen-bond donors (Lipinski definition) is 0. The Kier molecular flexibility index (Phi) is 4.05. The van der Waals surface area contributed by atoms with Crippen LogP contribution in [0.5, 0.6) is 5.75 Å². The zero-order valence-corrected chi connectivity index (χ0v) is 14.2. The van der Waals surface area contributed by atoms with Gasteiger partial charge in [0.2, 0.25) is 0 Å². The van der Waals surface area contributed by atoms with Gasteiger partial charge in [0.05, 0.1) is 17.6 Å². The third-order valence-corrected chi connectivity index (χ3v) is 5.61. The van der Waals surface area contributed by atoms with Crippen LogP contribution in [0.25, 0.3) is 11.1 Å². The van der Waals surface area contributed by atoms with Gasteiger partial charge in [-0.05, 0) is 55.4 Å². The standard InChI is InChI=1S/C22H21NO2/c23-14-6-9-19-21(24)18-11-10-17(16-7-2-1-3-8-16)15-20(18)25-22(19)12-4-5-13-22/h1-3,7-8,10-11,15,19H,4-6,9,12-13H2. The Bertz CT molecular complexity index is 829. The fourth-order valence-corrected chi connectivity index (χ4v) is 4.36. The lowest BCUT2D eigenvalue weighted by molar-refractivity contribution is 0.00319. The van der Waals surface area contributed by atoms with Crippen LogP contribution in [-0.2, 0) is 0 Å². The number of fused-ring (bicyclic) bond motifs is 1. The highest BCUT2D eigenvalue weighted by Gasteiger charge is 2.50. The van der Waals surface area contributed by atoms with E-state index in [0.717, 1.165) is 36.8 Å². The van der Waals surface area contributed by atoms with E-state index in [0.29, 0.717) is 24.2 Å². The molecular weight excluding hydrogens is 310 g/mol. The molecule has 3 heteroatoms. The molecule has 0 amide bonds. The highest BCUT2D eigenvalue weighted by atomic mass is 16.5. The molecule has 0 saturated heterocycles. The topological polar surface area (TPSA) is 50.1 Å². The molecule has 1 spiro atoms. The zero-order chi connectivity index (χ0) is 17.3. The van der Waals surface area contributed by atoms with Crippen molar-refractivity contribution in [2.75, 3.05) is 0 Å². The average Bonchev–Trinajstić information content (AvgIpc) is 3.10. The van der Waals surface area contributed by atoms with Crippen molar-refractivity contribution < 1.29 is 9.53 Å². The minimum atomic E-state index is -0.407. The number of nitriles is 1. The monoisotopic (exact) mass is 331 g/mol. The molecular formula is C22H21NO2. The molecule has 0 aromatic heterocycles. The molecule has 4 rings (SSSR count). The molecule has 1 unspecified atom stereocenters. The number of carbonyl (C=O) groups is 1. The summed E-state index contributed by atoms with van der Waals surface area (Å²) in [4.78, 5) is 13.1. The quantitative estimate of drug-likeness (QED) is 0.780. The number of ether oxygens (including phenoxy) is 1. The van der Waals surface area contributed by atoms with E-state index in [-0.39, 0.29) is 11.7 Å². The van der Waals surface area contributed by atoms with Gasteiger partial charge in [0.15, 0.2) is 5.78 Å². The molecule has 0 bridgehead atoms. The summed E-state index contributed by atoms with van der Waals surface area (Å²) in [6, 6.07) is 18.2. The number of nitrogens with zero attached hydrogens (tertiary/aromatic N) is 1. The number of hydrogen-bond acceptors (Lipinski definition) is 3. The van der Waals surface area contributed by atoms with Crippen LogP contribution in [0.2, 0.25) is 0 Å². The first-order chi connectivity index (χ1) is 12.2. The molecule has 0 N–H and O–H groups in total. The molecule has 1 atom stereocenters. The summed E-state index contributed by atoms with van der Waals surface area (Å²) in [5, 5.41) is 8.97. The van der Waals surface area contributed by atoms with Crippen LogP contribution in [0.15, 0.2) is 48.5 Å². The second kappa shape index (κ2) is 6.37. The number of benzene rings is 2. The molecule has 0 radical (unpaired) electrons.